The summed E-state index contributed by atoms with van der Waals surface area (Å²) < 4.78 is 55.1. The van der Waals surface area contributed by atoms with E-state index in [4.69, 9.17) is 0 Å². The fourth-order valence-electron chi connectivity index (χ4n) is 2.69. The van der Waals surface area contributed by atoms with Crippen molar-refractivity contribution in [2.24, 2.45) is 0 Å². The average molecular weight is 416 g/mol. The number of aryl methyl sites for hydroxylation is 2. The Balaban J connectivity index is 1.92. The van der Waals surface area contributed by atoms with E-state index in [1.807, 2.05) is 0 Å². The van der Waals surface area contributed by atoms with Crippen LogP contribution in [0.2, 0.25) is 0 Å². The molecule has 29 heavy (non-hydrogen) atoms. The van der Waals surface area contributed by atoms with Crippen LogP contribution in [0.5, 0.6) is 0 Å². The summed E-state index contributed by atoms with van der Waals surface area (Å²) in [5, 5.41) is 2.46. The Morgan fingerprint density at radius 1 is 0.862 bits per heavy atom. The zero-order valence-corrected chi connectivity index (χ0v) is 16.5. The number of halogens is 2. The van der Waals surface area contributed by atoms with E-state index >= 15 is 0 Å². The Hall–Kier alpha value is -3.26. The van der Waals surface area contributed by atoms with Crippen LogP contribution in [-0.4, -0.2) is 14.3 Å². The van der Waals surface area contributed by atoms with Gasteiger partial charge in [-0.3, -0.25) is 9.52 Å². The number of benzene rings is 3. The van der Waals surface area contributed by atoms with Gasteiger partial charge in [-0.1, -0.05) is 24.3 Å². The van der Waals surface area contributed by atoms with Crippen molar-refractivity contribution in [1.29, 1.82) is 0 Å². The van der Waals surface area contributed by atoms with Crippen LogP contribution in [0.1, 0.15) is 21.5 Å². The molecule has 3 aromatic rings. The molecule has 150 valence electrons. The van der Waals surface area contributed by atoms with Gasteiger partial charge in [0.25, 0.3) is 15.9 Å². The second kappa shape index (κ2) is 8.00. The monoisotopic (exact) mass is 416 g/mol. The van der Waals surface area contributed by atoms with Gasteiger partial charge in [0.15, 0.2) is 0 Å². The molecule has 0 saturated heterocycles. The van der Waals surface area contributed by atoms with Crippen LogP contribution in [0.4, 0.5) is 20.2 Å². The number of anilines is 2. The topological polar surface area (TPSA) is 75.3 Å². The summed E-state index contributed by atoms with van der Waals surface area (Å²) in [4.78, 5) is 12.4. The van der Waals surface area contributed by atoms with Crippen LogP contribution in [0.3, 0.4) is 0 Å². The molecule has 0 heterocycles. The highest BCUT2D eigenvalue weighted by atomic mass is 32.2. The lowest BCUT2D eigenvalue weighted by atomic mass is 10.1. The summed E-state index contributed by atoms with van der Waals surface area (Å²) >= 11 is 0. The normalized spacial score (nSPS) is 11.2. The van der Waals surface area contributed by atoms with E-state index in [2.05, 4.69) is 10.0 Å². The van der Waals surface area contributed by atoms with Crippen molar-refractivity contribution < 1.29 is 22.0 Å². The molecule has 3 rings (SSSR count). The van der Waals surface area contributed by atoms with Gasteiger partial charge < -0.3 is 5.32 Å². The number of nitrogens with one attached hydrogen (secondary N) is 2. The fourth-order valence-corrected chi connectivity index (χ4v) is 3.78. The largest absolute Gasteiger partial charge is 0.319 e. The summed E-state index contributed by atoms with van der Waals surface area (Å²) in [6.45, 7) is 3.38. The van der Waals surface area contributed by atoms with Crippen molar-refractivity contribution in [2.75, 3.05) is 10.0 Å². The predicted molar refractivity (Wildman–Crippen MR) is 107 cm³/mol. The number of carbonyl (C=O) groups excluding carboxylic acids is 1. The lowest BCUT2D eigenvalue weighted by molar-refractivity contribution is 0.102. The zero-order chi connectivity index (χ0) is 21.2. The molecular formula is C21H18F2N2O3S. The van der Waals surface area contributed by atoms with Crippen LogP contribution >= 0.6 is 0 Å². The van der Waals surface area contributed by atoms with Crippen molar-refractivity contribution in [1.82, 2.24) is 0 Å². The Morgan fingerprint density at radius 3 is 2.28 bits per heavy atom. The third kappa shape index (κ3) is 4.60. The van der Waals surface area contributed by atoms with Crippen molar-refractivity contribution in [3.05, 3.63) is 89.0 Å². The number of para-hydroxylation sites is 1. The smallest absolute Gasteiger partial charge is 0.262 e. The van der Waals surface area contributed by atoms with Gasteiger partial charge >= 0.3 is 0 Å². The first-order valence-corrected chi connectivity index (χ1v) is 10.1. The van der Waals surface area contributed by atoms with Crippen LogP contribution in [0, 0.1) is 25.5 Å². The molecule has 0 atom stereocenters. The van der Waals surface area contributed by atoms with Crippen molar-refractivity contribution >= 4 is 27.3 Å². The second-order valence-electron chi connectivity index (χ2n) is 6.50. The number of sulfonamides is 1. The van der Waals surface area contributed by atoms with E-state index in [0.717, 1.165) is 11.6 Å². The van der Waals surface area contributed by atoms with Gasteiger partial charge in [0.1, 0.15) is 11.6 Å². The number of carbonyl (C=O) groups is 1. The molecule has 8 heteroatoms. The molecule has 5 nitrogen and oxygen atoms in total. The molecule has 0 saturated carbocycles. The summed E-state index contributed by atoms with van der Waals surface area (Å²) in [5.41, 5.74) is 1.10. The van der Waals surface area contributed by atoms with Crippen LogP contribution in [-0.2, 0) is 10.0 Å². The maximum Gasteiger partial charge on any atom is 0.262 e. The first-order valence-electron chi connectivity index (χ1n) is 8.63. The standard InChI is InChI=1S/C21H18F2N2O3S/c1-13-7-10-18(23)20(11-13)24-21(26)16-12-15(9-8-14(16)2)29(27,28)25-19-6-4-3-5-17(19)22/h3-12,25H,1-2H3,(H,24,26). The Morgan fingerprint density at radius 2 is 1.55 bits per heavy atom. The molecule has 0 aliphatic carbocycles. The Bertz CT molecular complexity index is 1190. The average Bonchev–Trinajstić information content (AvgIpc) is 2.66. The molecule has 0 spiro atoms. The van der Waals surface area contributed by atoms with E-state index in [1.54, 1.807) is 19.9 Å². The Labute approximate surface area is 167 Å². The van der Waals surface area contributed by atoms with Gasteiger partial charge in [-0.25, -0.2) is 17.2 Å². The van der Waals surface area contributed by atoms with E-state index in [0.29, 0.717) is 5.56 Å². The minimum absolute atomic E-state index is 0.00728. The summed E-state index contributed by atoms with van der Waals surface area (Å²) in [5.74, 6) is -1.99. The molecule has 0 fully saturated rings. The molecule has 0 aromatic heterocycles. The number of hydrogen-bond donors (Lipinski definition) is 2. The number of rotatable bonds is 5. The molecule has 0 aliphatic rings. The molecule has 0 bridgehead atoms. The van der Waals surface area contributed by atoms with Crippen LogP contribution in [0.25, 0.3) is 0 Å². The summed E-state index contributed by atoms with van der Waals surface area (Å²) in [6.07, 6.45) is 0. The fraction of sp³-hybridized carbons (Fsp3) is 0.0952. The minimum Gasteiger partial charge on any atom is -0.319 e. The molecule has 0 radical (unpaired) electrons. The molecule has 1 amide bonds. The van der Waals surface area contributed by atoms with Gasteiger partial charge in [0.2, 0.25) is 0 Å². The highest BCUT2D eigenvalue weighted by molar-refractivity contribution is 7.92. The third-order valence-corrected chi connectivity index (χ3v) is 5.62. The van der Waals surface area contributed by atoms with Crippen LogP contribution in [0.15, 0.2) is 65.6 Å². The SMILES string of the molecule is Cc1ccc(F)c(NC(=O)c2cc(S(=O)(=O)Nc3ccccc3F)ccc2C)c1. The first-order chi connectivity index (χ1) is 13.7. The molecule has 0 aliphatic heterocycles. The van der Waals surface area contributed by atoms with Gasteiger partial charge in [0, 0.05) is 5.56 Å². The maximum atomic E-state index is 13.9. The Kier molecular flexibility index (Phi) is 5.65. The molecule has 0 unspecified atom stereocenters. The quantitative estimate of drug-likeness (QED) is 0.637. The highest BCUT2D eigenvalue weighted by Crippen LogP contribution is 2.23. The second-order valence-corrected chi connectivity index (χ2v) is 8.18. The summed E-state index contributed by atoms with van der Waals surface area (Å²) in [7, 11) is -4.14. The first kappa shape index (κ1) is 20.5. The van der Waals surface area contributed by atoms with Crippen molar-refractivity contribution in [2.45, 2.75) is 18.7 Å². The third-order valence-electron chi connectivity index (χ3n) is 4.25. The van der Waals surface area contributed by atoms with E-state index in [9.17, 15) is 22.0 Å². The number of amides is 1. The van der Waals surface area contributed by atoms with Crippen molar-refractivity contribution in [3.63, 3.8) is 0 Å². The van der Waals surface area contributed by atoms with Gasteiger partial charge in [-0.15, -0.1) is 0 Å². The number of hydrogen-bond acceptors (Lipinski definition) is 3. The predicted octanol–water partition coefficient (Wildman–Crippen LogP) is 4.63. The molecule has 2 N–H and O–H groups in total. The van der Waals surface area contributed by atoms with E-state index < -0.39 is 27.6 Å². The molecule has 3 aromatic carbocycles. The van der Waals surface area contributed by atoms with Gasteiger partial charge in [-0.05, 0) is 61.4 Å². The van der Waals surface area contributed by atoms with Crippen molar-refractivity contribution in [3.8, 4) is 0 Å². The minimum atomic E-state index is -4.14. The van der Waals surface area contributed by atoms with Gasteiger partial charge in [0.05, 0.1) is 16.3 Å². The van der Waals surface area contributed by atoms with E-state index in [1.165, 1.54) is 48.5 Å². The lowest BCUT2D eigenvalue weighted by Gasteiger charge is -2.13. The van der Waals surface area contributed by atoms with E-state index in [-0.39, 0.29) is 21.8 Å². The lowest BCUT2D eigenvalue weighted by Crippen LogP contribution is -2.18. The summed E-state index contributed by atoms with van der Waals surface area (Å²) in [6, 6.07) is 13.5. The molecular weight excluding hydrogens is 398 g/mol. The van der Waals surface area contributed by atoms with Crippen LogP contribution < -0.4 is 10.0 Å². The van der Waals surface area contributed by atoms with Gasteiger partial charge in [-0.2, -0.15) is 0 Å². The zero-order valence-electron chi connectivity index (χ0n) is 15.7. The highest BCUT2D eigenvalue weighted by Gasteiger charge is 2.20. The maximum absolute atomic E-state index is 13.9.